The topological polar surface area (TPSA) is 63.6 Å². The van der Waals surface area contributed by atoms with Gasteiger partial charge < -0.3 is 14.2 Å². The molecule has 1 aliphatic heterocycles. The van der Waals surface area contributed by atoms with Gasteiger partial charge in [-0.2, -0.15) is 0 Å². The van der Waals surface area contributed by atoms with E-state index in [0.717, 1.165) is 75.9 Å². The number of hydrogen-bond acceptors (Lipinski definition) is 5. The first-order valence-electron chi connectivity index (χ1n) is 18.4. The lowest BCUT2D eigenvalue weighted by Gasteiger charge is -2.31. The van der Waals surface area contributed by atoms with E-state index in [-0.39, 0.29) is 18.0 Å². The second-order valence-electron chi connectivity index (χ2n) is 14.3. The lowest BCUT2D eigenvalue weighted by Crippen LogP contribution is -2.38. The molecule has 5 heteroatoms. The monoisotopic (exact) mass is 673 g/mol. The van der Waals surface area contributed by atoms with Crippen LogP contribution in [-0.4, -0.2) is 16.9 Å². The molecular formula is C47H35N3O2. The van der Waals surface area contributed by atoms with E-state index in [1.807, 2.05) is 18.2 Å². The molecular weight excluding hydrogens is 639 g/mol. The van der Waals surface area contributed by atoms with E-state index in [1.165, 1.54) is 38.6 Å². The maximum atomic E-state index is 6.31. The van der Waals surface area contributed by atoms with Gasteiger partial charge in [-0.25, -0.2) is 4.98 Å². The Hall–Kier alpha value is -6.20. The van der Waals surface area contributed by atoms with Gasteiger partial charge in [-0.05, 0) is 71.2 Å². The van der Waals surface area contributed by atoms with Crippen LogP contribution in [0.25, 0.3) is 55.5 Å². The molecule has 0 radical (unpaired) electrons. The zero-order chi connectivity index (χ0) is 34.2. The minimum atomic E-state index is -0.0829. The van der Waals surface area contributed by atoms with Crippen LogP contribution in [0.3, 0.4) is 0 Å². The van der Waals surface area contributed by atoms with Gasteiger partial charge >= 0.3 is 0 Å². The maximum absolute atomic E-state index is 6.31. The van der Waals surface area contributed by atoms with E-state index in [9.17, 15) is 0 Å². The molecule has 0 saturated carbocycles. The molecule has 3 unspecified atom stereocenters. The van der Waals surface area contributed by atoms with Crippen LogP contribution in [0.2, 0.25) is 0 Å². The van der Waals surface area contributed by atoms with Crippen LogP contribution in [0.5, 0.6) is 0 Å². The molecule has 0 amide bonds. The Balaban J connectivity index is 0.902. The van der Waals surface area contributed by atoms with Crippen LogP contribution in [0.4, 0.5) is 0 Å². The zero-order valence-electron chi connectivity index (χ0n) is 28.6. The average Bonchev–Trinajstić information content (AvgIpc) is 4.01. The highest BCUT2D eigenvalue weighted by atomic mass is 16.3. The number of nitrogens with zero attached hydrogens (tertiary/aromatic N) is 2. The normalized spacial score (nSPS) is 22.3. The first-order chi connectivity index (χ1) is 25.7. The van der Waals surface area contributed by atoms with Gasteiger partial charge in [-0.1, -0.05) is 115 Å². The largest absolute Gasteiger partial charge is 0.456 e. The molecule has 11 rings (SSSR count). The van der Waals surface area contributed by atoms with E-state index < -0.39 is 0 Å². The van der Waals surface area contributed by atoms with Crippen LogP contribution in [0, 0.1) is 5.92 Å². The Labute approximate surface area is 301 Å². The Morgan fingerprint density at radius 3 is 2.33 bits per heavy atom. The summed E-state index contributed by atoms with van der Waals surface area (Å²) in [5.74, 6) is 1.41. The standard InChI is InChI=1S/C47H35N3O2/c1-2-10-29(11-3-1)38-27-39(49-46(48-38)30-20-18-28(19-21-30)33-24-25-42-43(33)36-14-6-8-16-40(36)51-42)31-22-23-32(26-31)45-35-13-5-4-12-34(35)44-37-15-7-9-17-41(37)52-47(44)50-45/h2,4-20,22-25,27,30,33,46,48H,1,3,21,26H2. The molecule has 250 valence electrons. The van der Waals surface area contributed by atoms with Crippen molar-refractivity contribution in [3.8, 4) is 0 Å². The number of aliphatic imine (C=N–C) groups is 1. The van der Waals surface area contributed by atoms with Gasteiger partial charge in [0.05, 0.1) is 16.8 Å². The van der Waals surface area contributed by atoms with Crippen LogP contribution in [0.15, 0.2) is 170 Å². The predicted molar refractivity (Wildman–Crippen MR) is 212 cm³/mol. The van der Waals surface area contributed by atoms with Crippen molar-refractivity contribution in [2.24, 2.45) is 10.9 Å². The molecule has 52 heavy (non-hydrogen) atoms. The number of furan rings is 2. The van der Waals surface area contributed by atoms with Crippen LogP contribution >= 0.6 is 0 Å². The summed E-state index contributed by atoms with van der Waals surface area (Å²) in [6, 6.07) is 25.2. The first-order valence-corrected chi connectivity index (χ1v) is 18.4. The number of benzene rings is 3. The lowest BCUT2D eigenvalue weighted by atomic mass is 9.85. The summed E-state index contributed by atoms with van der Waals surface area (Å²) in [4.78, 5) is 10.6. The number of allylic oxidation sites excluding steroid dienone is 12. The summed E-state index contributed by atoms with van der Waals surface area (Å²) in [5, 5.41) is 9.53. The Kier molecular flexibility index (Phi) is 6.63. The van der Waals surface area contributed by atoms with Crippen LogP contribution in [-0.2, 0) is 0 Å². The van der Waals surface area contributed by atoms with Crippen molar-refractivity contribution in [2.75, 3.05) is 0 Å². The second kappa shape index (κ2) is 11.7. The van der Waals surface area contributed by atoms with E-state index in [1.54, 1.807) is 0 Å². The smallest absolute Gasteiger partial charge is 0.228 e. The van der Waals surface area contributed by atoms with Crippen molar-refractivity contribution >= 4 is 61.2 Å². The maximum Gasteiger partial charge on any atom is 0.228 e. The zero-order valence-corrected chi connectivity index (χ0v) is 28.6. The minimum absolute atomic E-state index is 0.0829. The molecule has 0 fully saturated rings. The van der Waals surface area contributed by atoms with E-state index in [2.05, 4.69) is 127 Å². The average molecular weight is 674 g/mol. The molecule has 6 aromatic rings. The Morgan fingerprint density at radius 2 is 1.50 bits per heavy atom. The number of hydrogen-bond donors (Lipinski definition) is 1. The number of nitrogens with one attached hydrogen (secondary N) is 1. The van der Waals surface area contributed by atoms with Crippen molar-refractivity contribution in [3.63, 3.8) is 0 Å². The molecule has 0 spiro atoms. The van der Waals surface area contributed by atoms with E-state index >= 15 is 0 Å². The second-order valence-corrected chi connectivity index (χ2v) is 14.3. The molecule has 3 atom stereocenters. The number of rotatable bonds is 5. The molecule has 4 heterocycles. The van der Waals surface area contributed by atoms with Gasteiger partial charge in [0, 0.05) is 45.7 Å². The van der Waals surface area contributed by atoms with Gasteiger partial charge in [0.1, 0.15) is 23.1 Å². The summed E-state index contributed by atoms with van der Waals surface area (Å²) in [7, 11) is 0. The quantitative estimate of drug-likeness (QED) is 0.198. The van der Waals surface area contributed by atoms with Gasteiger partial charge in [0.15, 0.2) is 0 Å². The molecule has 0 saturated heterocycles. The van der Waals surface area contributed by atoms with Crippen LogP contribution < -0.4 is 5.32 Å². The number of pyridine rings is 1. The molecule has 1 N–H and O–H groups in total. The molecule has 0 bridgehead atoms. The fourth-order valence-corrected chi connectivity index (χ4v) is 8.67. The highest BCUT2D eigenvalue weighted by Gasteiger charge is 2.31. The number of fused-ring (bicyclic) bond motifs is 8. The summed E-state index contributed by atoms with van der Waals surface area (Å²) in [6.45, 7) is 0. The highest BCUT2D eigenvalue weighted by molar-refractivity contribution is 6.20. The molecule has 3 aromatic heterocycles. The fourth-order valence-electron chi connectivity index (χ4n) is 8.67. The SMILES string of the molecule is C1=CC(C2=CC(C3=CC=C(c4nc5oc6ccccc6c5c5ccccc45)C3)=NC(C3C=CC(C4C=Cc5oc6ccccc6c54)=CC3)N2)=CCC1. The van der Waals surface area contributed by atoms with E-state index in [0.29, 0.717) is 5.71 Å². The highest BCUT2D eigenvalue weighted by Crippen LogP contribution is 2.44. The summed E-state index contributed by atoms with van der Waals surface area (Å²) >= 11 is 0. The van der Waals surface area contributed by atoms with Crippen molar-refractivity contribution in [2.45, 2.75) is 37.8 Å². The van der Waals surface area contributed by atoms with Crippen molar-refractivity contribution in [1.29, 1.82) is 0 Å². The molecule has 4 aliphatic carbocycles. The first kappa shape index (κ1) is 29.5. The lowest BCUT2D eigenvalue weighted by molar-refractivity contribution is 0.451. The molecule has 5 nitrogen and oxygen atoms in total. The Bertz CT molecular complexity index is 2790. The van der Waals surface area contributed by atoms with Crippen molar-refractivity contribution in [3.05, 3.63) is 173 Å². The molecule has 5 aliphatic rings. The van der Waals surface area contributed by atoms with E-state index in [4.69, 9.17) is 18.8 Å². The van der Waals surface area contributed by atoms with Crippen molar-refractivity contribution < 1.29 is 8.83 Å². The summed E-state index contributed by atoms with van der Waals surface area (Å²) < 4.78 is 12.5. The predicted octanol–water partition coefficient (Wildman–Crippen LogP) is 11.4. The Morgan fingerprint density at radius 1 is 0.712 bits per heavy atom. The van der Waals surface area contributed by atoms with Gasteiger partial charge in [0.2, 0.25) is 5.71 Å². The fraction of sp³-hybridized carbons (Fsp3) is 0.149. The third-order valence-corrected chi connectivity index (χ3v) is 11.3. The van der Waals surface area contributed by atoms with Gasteiger partial charge in [-0.15, -0.1) is 0 Å². The van der Waals surface area contributed by atoms with Crippen LogP contribution in [0.1, 0.15) is 48.6 Å². The van der Waals surface area contributed by atoms with Crippen molar-refractivity contribution in [1.82, 2.24) is 10.3 Å². The molecule has 3 aromatic carbocycles. The summed E-state index contributed by atoms with van der Waals surface area (Å²) in [6.07, 6.45) is 28.8. The number of para-hydroxylation sites is 2. The van der Waals surface area contributed by atoms with Gasteiger partial charge in [-0.3, -0.25) is 4.99 Å². The van der Waals surface area contributed by atoms with Gasteiger partial charge in [0.25, 0.3) is 0 Å². The summed E-state index contributed by atoms with van der Waals surface area (Å²) in [5.41, 5.74) is 11.9. The third kappa shape index (κ3) is 4.69. The third-order valence-electron chi connectivity index (χ3n) is 11.3. The minimum Gasteiger partial charge on any atom is -0.456 e. The number of aromatic nitrogens is 1.